The maximum absolute atomic E-state index is 6.21. The fourth-order valence-corrected chi connectivity index (χ4v) is 4.75. The van der Waals surface area contributed by atoms with Gasteiger partial charge in [0.15, 0.2) is 0 Å². The molecule has 0 bridgehead atoms. The molecular formula is C29H45N3O. The van der Waals surface area contributed by atoms with Crippen molar-refractivity contribution in [3.05, 3.63) is 53.1 Å². The SMILES string of the molecule is CCCCCCCCCCCC1=CC(=C2NC(c3cccn3C)=CC2OCCC)N=C1CC. The van der Waals surface area contributed by atoms with E-state index in [0.29, 0.717) is 0 Å². The summed E-state index contributed by atoms with van der Waals surface area (Å²) in [6, 6.07) is 4.22. The number of unbranched alkanes of at least 4 members (excludes halogenated alkanes) is 8. The van der Waals surface area contributed by atoms with Gasteiger partial charge in [0.2, 0.25) is 0 Å². The van der Waals surface area contributed by atoms with Gasteiger partial charge in [-0.2, -0.15) is 0 Å². The van der Waals surface area contributed by atoms with Gasteiger partial charge >= 0.3 is 0 Å². The molecule has 1 unspecified atom stereocenters. The third-order valence-corrected chi connectivity index (χ3v) is 6.69. The van der Waals surface area contributed by atoms with E-state index >= 15 is 0 Å². The molecule has 2 aliphatic rings. The van der Waals surface area contributed by atoms with Crippen molar-refractivity contribution in [1.82, 2.24) is 9.88 Å². The summed E-state index contributed by atoms with van der Waals surface area (Å²) in [5.74, 6) is 0. The Bertz CT molecular complexity index is 871. The van der Waals surface area contributed by atoms with E-state index in [2.05, 4.69) is 68.2 Å². The van der Waals surface area contributed by atoms with Crippen LogP contribution in [0.25, 0.3) is 5.70 Å². The lowest BCUT2D eigenvalue weighted by molar-refractivity contribution is 0.109. The van der Waals surface area contributed by atoms with E-state index in [-0.39, 0.29) is 6.10 Å². The predicted molar refractivity (Wildman–Crippen MR) is 141 cm³/mol. The number of hydrogen-bond acceptors (Lipinski definition) is 3. The number of rotatable bonds is 15. The molecule has 182 valence electrons. The van der Waals surface area contributed by atoms with Crippen molar-refractivity contribution in [2.45, 2.75) is 104 Å². The van der Waals surface area contributed by atoms with Gasteiger partial charge in [-0.15, -0.1) is 0 Å². The Labute approximate surface area is 201 Å². The number of aryl methyl sites for hydroxylation is 1. The van der Waals surface area contributed by atoms with E-state index in [1.807, 2.05) is 0 Å². The van der Waals surface area contributed by atoms with Crippen LogP contribution in [-0.4, -0.2) is 23.0 Å². The Kier molecular flexibility index (Phi) is 10.5. The zero-order valence-electron chi connectivity index (χ0n) is 21.5. The summed E-state index contributed by atoms with van der Waals surface area (Å²) in [6.07, 6.45) is 22.0. The second kappa shape index (κ2) is 13.6. The number of nitrogens with zero attached hydrogens (tertiary/aromatic N) is 2. The van der Waals surface area contributed by atoms with E-state index < -0.39 is 0 Å². The van der Waals surface area contributed by atoms with Crippen molar-refractivity contribution in [3.63, 3.8) is 0 Å². The molecule has 0 aromatic carbocycles. The maximum atomic E-state index is 6.21. The molecule has 0 radical (unpaired) electrons. The molecule has 3 rings (SSSR count). The fraction of sp³-hybridized carbons (Fsp3) is 0.621. The summed E-state index contributed by atoms with van der Waals surface area (Å²) in [4.78, 5) is 5.04. The summed E-state index contributed by atoms with van der Waals surface area (Å²) in [5.41, 5.74) is 7.10. The Morgan fingerprint density at radius 1 is 0.970 bits per heavy atom. The van der Waals surface area contributed by atoms with Crippen LogP contribution in [0.4, 0.5) is 0 Å². The van der Waals surface area contributed by atoms with Crippen LogP contribution in [-0.2, 0) is 11.8 Å². The first-order valence-corrected chi connectivity index (χ1v) is 13.4. The van der Waals surface area contributed by atoms with Gasteiger partial charge in [-0.05, 0) is 55.5 Å². The van der Waals surface area contributed by atoms with Crippen molar-refractivity contribution in [2.24, 2.45) is 12.0 Å². The van der Waals surface area contributed by atoms with Crippen molar-refractivity contribution in [3.8, 4) is 0 Å². The number of aliphatic imine (C=N–C) groups is 1. The lowest BCUT2D eigenvalue weighted by Gasteiger charge is -2.13. The molecule has 0 saturated heterocycles. The lowest BCUT2D eigenvalue weighted by atomic mass is 10.0. The Morgan fingerprint density at radius 3 is 2.33 bits per heavy atom. The van der Waals surface area contributed by atoms with Crippen LogP contribution in [0.15, 0.2) is 52.4 Å². The molecule has 4 heteroatoms. The van der Waals surface area contributed by atoms with Crippen molar-refractivity contribution in [1.29, 1.82) is 0 Å². The summed E-state index contributed by atoms with van der Waals surface area (Å²) >= 11 is 0. The van der Waals surface area contributed by atoms with Crippen LogP contribution in [0.5, 0.6) is 0 Å². The molecule has 33 heavy (non-hydrogen) atoms. The fourth-order valence-electron chi connectivity index (χ4n) is 4.75. The van der Waals surface area contributed by atoms with Crippen molar-refractivity contribution >= 4 is 11.4 Å². The molecular weight excluding hydrogens is 406 g/mol. The monoisotopic (exact) mass is 451 g/mol. The molecule has 0 aliphatic carbocycles. The molecule has 1 aromatic rings. The highest BCUT2D eigenvalue weighted by Gasteiger charge is 2.28. The molecule has 2 aliphatic heterocycles. The first kappa shape index (κ1) is 25.6. The quantitative estimate of drug-likeness (QED) is 0.278. The van der Waals surface area contributed by atoms with E-state index in [4.69, 9.17) is 9.73 Å². The summed E-state index contributed by atoms with van der Waals surface area (Å²) in [5, 5.41) is 3.65. The van der Waals surface area contributed by atoms with E-state index in [1.165, 1.54) is 74.8 Å². The Morgan fingerprint density at radius 2 is 1.70 bits per heavy atom. The molecule has 0 saturated carbocycles. The van der Waals surface area contributed by atoms with Crippen LogP contribution in [0.3, 0.4) is 0 Å². The maximum Gasteiger partial charge on any atom is 0.120 e. The highest BCUT2D eigenvalue weighted by atomic mass is 16.5. The van der Waals surface area contributed by atoms with Crippen LogP contribution >= 0.6 is 0 Å². The predicted octanol–water partition coefficient (Wildman–Crippen LogP) is 7.69. The topological polar surface area (TPSA) is 38.5 Å². The second-order valence-corrected chi connectivity index (χ2v) is 9.46. The average Bonchev–Trinajstić information content (AvgIpc) is 3.54. The van der Waals surface area contributed by atoms with Crippen molar-refractivity contribution < 1.29 is 4.74 Å². The zero-order valence-corrected chi connectivity index (χ0v) is 21.5. The zero-order chi connectivity index (χ0) is 23.5. The van der Waals surface area contributed by atoms with Crippen LogP contribution in [0, 0.1) is 0 Å². The van der Waals surface area contributed by atoms with Gasteiger partial charge in [-0.1, -0.05) is 72.1 Å². The molecule has 0 spiro atoms. The van der Waals surface area contributed by atoms with E-state index in [9.17, 15) is 0 Å². The van der Waals surface area contributed by atoms with Gasteiger partial charge in [0.1, 0.15) is 6.10 Å². The summed E-state index contributed by atoms with van der Waals surface area (Å²) in [6.45, 7) is 7.41. The minimum atomic E-state index is -0.0602. The molecule has 3 heterocycles. The number of nitrogens with one attached hydrogen (secondary N) is 1. The first-order valence-electron chi connectivity index (χ1n) is 13.4. The van der Waals surface area contributed by atoms with Crippen LogP contribution in [0.2, 0.25) is 0 Å². The largest absolute Gasteiger partial charge is 0.368 e. The molecule has 1 N–H and O–H groups in total. The highest BCUT2D eigenvalue weighted by molar-refractivity contribution is 6.03. The molecule has 1 atom stereocenters. The van der Waals surface area contributed by atoms with Gasteiger partial charge in [0.05, 0.1) is 22.8 Å². The summed E-state index contributed by atoms with van der Waals surface area (Å²) < 4.78 is 8.35. The van der Waals surface area contributed by atoms with Gasteiger partial charge in [0.25, 0.3) is 0 Å². The normalized spacial score (nSPS) is 20.1. The molecule has 4 nitrogen and oxygen atoms in total. The first-order chi connectivity index (χ1) is 16.2. The number of hydrogen-bond donors (Lipinski definition) is 1. The third-order valence-electron chi connectivity index (χ3n) is 6.69. The van der Waals surface area contributed by atoms with Crippen LogP contribution in [0.1, 0.15) is 104 Å². The van der Waals surface area contributed by atoms with E-state index in [0.717, 1.165) is 43.0 Å². The standard InChI is InChI=1S/C29H45N3O/c1-5-8-9-10-11-12-13-14-15-17-23-21-26(30-24(23)7-3)29-28(33-20-6-2)22-25(31-29)27-18-16-19-32(27)4/h16,18-19,21-22,28,31H,5-15,17,20H2,1-4H3. The smallest absolute Gasteiger partial charge is 0.120 e. The lowest BCUT2D eigenvalue weighted by Crippen LogP contribution is -2.18. The van der Waals surface area contributed by atoms with Crippen LogP contribution < -0.4 is 5.32 Å². The average molecular weight is 452 g/mol. The van der Waals surface area contributed by atoms with Gasteiger partial charge in [-0.3, -0.25) is 4.99 Å². The minimum absolute atomic E-state index is 0.0602. The molecule has 1 aromatic heterocycles. The minimum Gasteiger partial charge on any atom is -0.368 e. The van der Waals surface area contributed by atoms with Crippen molar-refractivity contribution in [2.75, 3.05) is 6.61 Å². The number of ether oxygens (including phenoxy) is 1. The molecule has 0 fully saturated rings. The number of aromatic nitrogens is 1. The molecule has 0 amide bonds. The van der Waals surface area contributed by atoms with Gasteiger partial charge in [0, 0.05) is 25.6 Å². The number of allylic oxidation sites excluding steroid dienone is 2. The third kappa shape index (κ3) is 7.20. The second-order valence-electron chi connectivity index (χ2n) is 9.46. The highest BCUT2D eigenvalue weighted by Crippen LogP contribution is 2.32. The Balaban J connectivity index is 1.60. The Hall–Kier alpha value is -2.07. The van der Waals surface area contributed by atoms with E-state index in [1.54, 1.807) is 0 Å². The van der Waals surface area contributed by atoms with Gasteiger partial charge < -0.3 is 14.6 Å². The van der Waals surface area contributed by atoms with Gasteiger partial charge in [-0.25, -0.2) is 0 Å². The summed E-state index contributed by atoms with van der Waals surface area (Å²) in [7, 11) is 2.08.